The highest BCUT2D eigenvalue weighted by Crippen LogP contribution is 2.17. The Morgan fingerprint density at radius 1 is 1.10 bits per heavy atom. The number of nitrogens with zero attached hydrogens (tertiary/aromatic N) is 1. The van der Waals surface area contributed by atoms with Gasteiger partial charge in [0, 0.05) is 0 Å². The lowest BCUT2D eigenvalue weighted by Crippen LogP contribution is -2.80. The lowest BCUT2D eigenvalue weighted by Gasteiger charge is -2.52. The fourth-order valence-electron chi connectivity index (χ4n) is 1.92. The third kappa shape index (κ3) is 1.42. The van der Waals surface area contributed by atoms with Crippen molar-refractivity contribution in [3.8, 4) is 0 Å². The Bertz CT molecular complexity index is 125. The van der Waals surface area contributed by atoms with E-state index in [1.807, 2.05) is 0 Å². The van der Waals surface area contributed by atoms with Crippen LogP contribution in [0.4, 0.5) is 0 Å². The number of hydrogen-bond donors (Lipinski definition) is 1. The molecule has 1 aliphatic rings. The molecule has 1 fully saturated rings. The summed E-state index contributed by atoms with van der Waals surface area (Å²) < 4.78 is 6.58. The van der Waals surface area contributed by atoms with Crippen molar-refractivity contribution in [2.75, 3.05) is 0 Å². The molecule has 1 heterocycles. The molecule has 0 aromatic rings. The summed E-state index contributed by atoms with van der Waals surface area (Å²) in [7, 11) is -2.03. The molecule has 60 valence electrons. The maximum absolute atomic E-state index is 3.70. The predicted octanol–water partition coefficient (Wildman–Crippen LogP) is 0.427. The van der Waals surface area contributed by atoms with Crippen molar-refractivity contribution in [1.29, 1.82) is 0 Å². The van der Waals surface area contributed by atoms with Crippen LogP contribution < -0.4 is 4.65 Å². The van der Waals surface area contributed by atoms with Crippen LogP contribution in [-0.4, -0.2) is 30.4 Å². The van der Waals surface area contributed by atoms with Gasteiger partial charge in [0.05, 0.1) is 0 Å². The van der Waals surface area contributed by atoms with E-state index >= 15 is 0 Å². The summed E-state index contributed by atoms with van der Waals surface area (Å²) in [4.78, 5) is 0. The van der Waals surface area contributed by atoms with Crippen LogP contribution in [-0.2, 0) is 0 Å². The fourth-order valence-corrected chi connectivity index (χ4v) is 18.7. The summed E-state index contributed by atoms with van der Waals surface area (Å²) in [5.41, 5.74) is 0. The Morgan fingerprint density at radius 2 is 1.50 bits per heavy atom. The number of nitrogens with one attached hydrogen (secondary N) is 1. The molecule has 5 heteroatoms. The first-order valence-corrected chi connectivity index (χ1v) is 11.9. The molecule has 0 amide bonds. The van der Waals surface area contributed by atoms with Crippen molar-refractivity contribution in [2.24, 2.45) is 0 Å². The van der Waals surface area contributed by atoms with Gasteiger partial charge in [0.15, 0.2) is 18.2 Å². The average Bonchev–Trinajstić information content (AvgIpc) is 1.58. The maximum Gasteiger partial charge on any atom is 0.165 e. The molecule has 2 unspecified atom stereocenters. The molecule has 10 heavy (non-hydrogen) atoms. The monoisotopic (exact) mass is 190 g/mol. The van der Waals surface area contributed by atoms with Gasteiger partial charge in [0.25, 0.3) is 0 Å². The second kappa shape index (κ2) is 2.56. The van der Waals surface area contributed by atoms with Gasteiger partial charge in [-0.3, -0.25) is 0 Å². The van der Waals surface area contributed by atoms with Gasteiger partial charge in [0.2, 0.25) is 0 Å². The highest BCUT2D eigenvalue weighted by atomic mass is 28.5. The lowest BCUT2D eigenvalue weighted by molar-refractivity contribution is 0.842. The second-order valence-electron chi connectivity index (χ2n) is 4.10. The highest BCUT2D eigenvalue weighted by Gasteiger charge is 2.41. The SMILES string of the molecule is C[SiH]1N[SiH](C)N1[Si](C)(C)C. The zero-order chi connectivity index (χ0) is 7.94. The quantitative estimate of drug-likeness (QED) is 0.603. The van der Waals surface area contributed by atoms with Gasteiger partial charge < -0.3 is 8.54 Å². The van der Waals surface area contributed by atoms with Crippen LogP contribution in [0.5, 0.6) is 0 Å². The third-order valence-corrected chi connectivity index (χ3v) is 18.8. The van der Waals surface area contributed by atoms with Crippen molar-refractivity contribution in [3.05, 3.63) is 0 Å². The standard InChI is InChI=1S/C5H18N2Si3/c1-8-6-9(2)7(8)10(3,4)5/h6,8-9H,1-5H3. The molecule has 0 aromatic heterocycles. The van der Waals surface area contributed by atoms with E-state index in [1.165, 1.54) is 0 Å². The Morgan fingerprint density at radius 3 is 1.60 bits per heavy atom. The van der Waals surface area contributed by atoms with E-state index in [2.05, 4.69) is 41.3 Å². The summed E-state index contributed by atoms with van der Waals surface area (Å²) in [6, 6.07) is 0. The van der Waals surface area contributed by atoms with Crippen molar-refractivity contribution < 1.29 is 0 Å². The van der Waals surface area contributed by atoms with Crippen molar-refractivity contribution >= 4 is 26.5 Å². The Kier molecular flexibility index (Phi) is 2.22. The third-order valence-electron chi connectivity index (χ3n) is 2.09. The molecule has 0 spiro atoms. The molecule has 0 saturated carbocycles. The summed E-state index contributed by atoms with van der Waals surface area (Å²) in [6.45, 7) is 12.2. The Labute approximate surface area is 68.2 Å². The molecule has 1 rings (SSSR count). The minimum absolute atomic E-state index is 0.560. The zero-order valence-corrected chi connectivity index (χ0v) is 10.9. The van der Waals surface area contributed by atoms with Gasteiger partial charge >= 0.3 is 0 Å². The Balaban J connectivity index is 2.55. The predicted molar refractivity (Wildman–Crippen MR) is 54.3 cm³/mol. The highest BCUT2D eigenvalue weighted by molar-refractivity contribution is 7.00. The van der Waals surface area contributed by atoms with Gasteiger partial charge in [-0.15, -0.1) is 0 Å². The van der Waals surface area contributed by atoms with Gasteiger partial charge in [-0.25, -0.2) is 0 Å². The number of rotatable bonds is 1. The molecule has 0 radical (unpaired) electrons. The van der Waals surface area contributed by atoms with Gasteiger partial charge in [-0.05, 0) is 13.1 Å². The first-order chi connectivity index (χ1) is 4.43. The summed E-state index contributed by atoms with van der Waals surface area (Å²) in [5.74, 6) is 0. The largest absolute Gasteiger partial charge is 0.350 e. The van der Waals surface area contributed by atoms with Crippen LogP contribution in [0.25, 0.3) is 0 Å². The van der Waals surface area contributed by atoms with Gasteiger partial charge in [-0.1, -0.05) is 19.6 Å². The first kappa shape index (κ1) is 8.67. The minimum Gasteiger partial charge on any atom is -0.350 e. The molecular weight excluding hydrogens is 172 g/mol. The molecule has 1 N–H and O–H groups in total. The average molecular weight is 190 g/mol. The summed E-state index contributed by atoms with van der Waals surface area (Å²) in [6.07, 6.45) is 0. The van der Waals surface area contributed by atoms with Crippen LogP contribution >= 0.6 is 0 Å². The van der Waals surface area contributed by atoms with Crippen molar-refractivity contribution in [3.63, 3.8) is 0 Å². The molecule has 0 bridgehead atoms. The minimum atomic E-state index is -0.906. The molecule has 1 saturated heterocycles. The molecule has 0 aromatic carbocycles. The van der Waals surface area contributed by atoms with Crippen LogP contribution in [0, 0.1) is 0 Å². The normalized spacial score (nSPS) is 35.7. The van der Waals surface area contributed by atoms with Crippen molar-refractivity contribution in [2.45, 2.75) is 32.7 Å². The van der Waals surface area contributed by atoms with E-state index in [1.54, 1.807) is 0 Å². The molecule has 1 aliphatic heterocycles. The zero-order valence-electron chi connectivity index (χ0n) is 7.60. The fraction of sp³-hybridized carbons (Fsp3) is 1.00. The molecule has 0 aliphatic carbocycles. The topological polar surface area (TPSA) is 15.3 Å². The van der Waals surface area contributed by atoms with Crippen LogP contribution in [0.1, 0.15) is 0 Å². The van der Waals surface area contributed by atoms with Gasteiger partial charge in [0.1, 0.15) is 8.24 Å². The second-order valence-corrected chi connectivity index (χ2v) is 15.7. The van der Waals surface area contributed by atoms with Crippen LogP contribution in [0.15, 0.2) is 0 Å². The van der Waals surface area contributed by atoms with E-state index in [-0.39, 0.29) is 0 Å². The van der Waals surface area contributed by atoms with Crippen molar-refractivity contribution in [1.82, 2.24) is 8.54 Å². The molecule has 2 atom stereocenters. The molecular formula is C5H18N2Si3. The smallest absolute Gasteiger partial charge is 0.165 e. The molecule has 2 nitrogen and oxygen atoms in total. The lowest BCUT2D eigenvalue weighted by atomic mass is 11.8. The van der Waals surface area contributed by atoms with Gasteiger partial charge in [-0.2, -0.15) is 0 Å². The Hall–Kier alpha value is 0.571. The van der Waals surface area contributed by atoms with E-state index < -0.39 is 26.5 Å². The summed E-state index contributed by atoms with van der Waals surface area (Å²) in [5, 5.41) is 0. The first-order valence-electron chi connectivity index (χ1n) is 3.97. The van der Waals surface area contributed by atoms with Crippen LogP contribution in [0.2, 0.25) is 32.7 Å². The summed E-state index contributed by atoms with van der Waals surface area (Å²) >= 11 is 0. The number of hydrogen-bond acceptors (Lipinski definition) is 2. The van der Waals surface area contributed by atoms with E-state index in [4.69, 9.17) is 0 Å². The van der Waals surface area contributed by atoms with E-state index in [0.29, 0.717) is 0 Å². The maximum atomic E-state index is 3.70. The van der Waals surface area contributed by atoms with E-state index in [9.17, 15) is 0 Å². The van der Waals surface area contributed by atoms with Crippen LogP contribution in [0.3, 0.4) is 0 Å². The van der Waals surface area contributed by atoms with E-state index in [0.717, 1.165) is 0 Å².